The first-order chi connectivity index (χ1) is 9.90. The molecule has 1 saturated carbocycles. The average molecular weight is 362 g/mol. The first kappa shape index (κ1) is 15.9. The van der Waals surface area contributed by atoms with E-state index in [1.807, 2.05) is 0 Å². The van der Waals surface area contributed by atoms with E-state index < -0.39 is 35.3 Å². The second-order valence-corrected chi connectivity index (χ2v) is 5.93. The number of benzene rings is 1. The van der Waals surface area contributed by atoms with Crippen LogP contribution in [-0.4, -0.2) is 17.0 Å². The lowest BCUT2D eigenvalue weighted by Gasteiger charge is -2.27. The Morgan fingerprint density at radius 3 is 2.38 bits per heavy atom. The van der Waals surface area contributed by atoms with Gasteiger partial charge in [0.15, 0.2) is 0 Å². The number of anilines is 1. The van der Waals surface area contributed by atoms with E-state index in [0.29, 0.717) is 18.9 Å². The number of carbonyl (C=O) groups excluding carboxylic acids is 1. The molecule has 0 aliphatic heterocycles. The van der Waals surface area contributed by atoms with Crippen LogP contribution in [0.1, 0.15) is 25.7 Å². The van der Waals surface area contributed by atoms with E-state index in [1.165, 1.54) is 0 Å². The van der Waals surface area contributed by atoms with Crippen molar-refractivity contribution in [2.24, 2.45) is 11.8 Å². The van der Waals surface area contributed by atoms with E-state index in [9.17, 15) is 18.4 Å². The van der Waals surface area contributed by atoms with Gasteiger partial charge in [-0.25, -0.2) is 8.78 Å². The largest absolute Gasteiger partial charge is 0.481 e. The molecular weight excluding hydrogens is 348 g/mol. The van der Waals surface area contributed by atoms with Crippen LogP contribution in [0.2, 0.25) is 0 Å². The average Bonchev–Trinajstić information content (AvgIpc) is 2.44. The van der Waals surface area contributed by atoms with E-state index in [0.717, 1.165) is 18.9 Å². The van der Waals surface area contributed by atoms with Crippen molar-refractivity contribution in [3.8, 4) is 0 Å². The number of carbonyl (C=O) groups is 2. The minimum absolute atomic E-state index is 0.0256. The van der Waals surface area contributed by atoms with Crippen molar-refractivity contribution in [2.75, 3.05) is 5.32 Å². The molecule has 0 spiro atoms. The van der Waals surface area contributed by atoms with Crippen molar-refractivity contribution < 1.29 is 23.5 Å². The van der Waals surface area contributed by atoms with Gasteiger partial charge in [-0.1, -0.05) is 12.8 Å². The maximum Gasteiger partial charge on any atom is 0.307 e. The maximum absolute atomic E-state index is 13.6. The minimum atomic E-state index is -1.02. The zero-order valence-corrected chi connectivity index (χ0v) is 12.6. The number of hydrogen-bond acceptors (Lipinski definition) is 2. The van der Waals surface area contributed by atoms with Gasteiger partial charge in [0.05, 0.1) is 22.0 Å². The summed E-state index contributed by atoms with van der Waals surface area (Å²) in [5, 5.41) is 11.5. The fourth-order valence-electron chi connectivity index (χ4n) is 2.58. The van der Waals surface area contributed by atoms with Crippen molar-refractivity contribution in [1.82, 2.24) is 0 Å². The predicted octanol–water partition coefficient (Wildman–Crippen LogP) is 3.56. The molecule has 2 rings (SSSR count). The van der Waals surface area contributed by atoms with E-state index in [4.69, 9.17) is 5.11 Å². The molecule has 7 heteroatoms. The van der Waals surface area contributed by atoms with Gasteiger partial charge in [-0.2, -0.15) is 0 Å². The molecule has 1 amide bonds. The van der Waals surface area contributed by atoms with Crippen LogP contribution in [0.15, 0.2) is 16.6 Å². The third kappa shape index (κ3) is 3.58. The van der Waals surface area contributed by atoms with Crippen molar-refractivity contribution in [2.45, 2.75) is 25.7 Å². The molecule has 2 N–H and O–H groups in total. The molecule has 1 fully saturated rings. The molecule has 114 valence electrons. The van der Waals surface area contributed by atoms with Gasteiger partial charge in [0.1, 0.15) is 11.6 Å². The summed E-state index contributed by atoms with van der Waals surface area (Å²) in [6, 6.07) is 1.79. The fourth-order valence-corrected chi connectivity index (χ4v) is 2.93. The molecule has 1 aromatic rings. The lowest BCUT2D eigenvalue weighted by molar-refractivity contribution is -0.147. The number of carboxylic acids is 1. The second-order valence-electron chi connectivity index (χ2n) is 5.07. The number of hydrogen-bond donors (Lipinski definition) is 2. The SMILES string of the molecule is O=C(O)[C@H]1CCCC[C@H]1C(=O)Nc1cc(Br)c(F)cc1F. The molecule has 4 nitrogen and oxygen atoms in total. The molecule has 0 aromatic heterocycles. The van der Waals surface area contributed by atoms with Crippen LogP contribution in [0.4, 0.5) is 14.5 Å². The van der Waals surface area contributed by atoms with Gasteiger partial charge in [-0.3, -0.25) is 9.59 Å². The van der Waals surface area contributed by atoms with E-state index in [-0.39, 0.29) is 10.2 Å². The number of nitrogens with one attached hydrogen (secondary N) is 1. The molecule has 1 aliphatic rings. The highest BCUT2D eigenvalue weighted by atomic mass is 79.9. The van der Waals surface area contributed by atoms with Gasteiger partial charge in [0.2, 0.25) is 5.91 Å². The molecule has 21 heavy (non-hydrogen) atoms. The van der Waals surface area contributed by atoms with E-state index in [2.05, 4.69) is 21.2 Å². The Balaban J connectivity index is 2.17. The molecule has 2 atom stereocenters. The Labute approximate surface area is 128 Å². The highest BCUT2D eigenvalue weighted by Gasteiger charge is 2.35. The standard InChI is InChI=1S/C14H14BrF2NO3/c15-9-5-12(11(17)6-10(9)16)18-13(19)7-3-1-2-4-8(7)14(20)21/h5-8H,1-4H2,(H,18,19)(H,20,21)/t7-,8+/m1/s1. The lowest BCUT2D eigenvalue weighted by Crippen LogP contribution is -2.36. The van der Waals surface area contributed by atoms with Gasteiger partial charge in [-0.15, -0.1) is 0 Å². The molecule has 0 radical (unpaired) electrons. The summed E-state index contributed by atoms with van der Waals surface area (Å²) in [6.07, 6.45) is 2.41. The molecule has 0 saturated heterocycles. The summed E-state index contributed by atoms with van der Waals surface area (Å²) in [5.41, 5.74) is -0.164. The number of aliphatic carboxylic acids is 1. The van der Waals surface area contributed by atoms with Crippen molar-refractivity contribution in [3.63, 3.8) is 0 Å². The highest BCUT2D eigenvalue weighted by Crippen LogP contribution is 2.32. The zero-order valence-electron chi connectivity index (χ0n) is 11.0. The molecular formula is C14H14BrF2NO3. The van der Waals surface area contributed by atoms with Crippen LogP contribution in [-0.2, 0) is 9.59 Å². The van der Waals surface area contributed by atoms with Gasteiger partial charge in [0, 0.05) is 6.07 Å². The number of halogens is 3. The van der Waals surface area contributed by atoms with Gasteiger partial charge >= 0.3 is 5.97 Å². The summed E-state index contributed by atoms with van der Waals surface area (Å²) in [4.78, 5) is 23.4. The molecule has 0 heterocycles. The maximum atomic E-state index is 13.6. The Kier molecular flexibility index (Phi) is 4.92. The van der Waals surface area contributed by atoms with Crippen LogP contribution in [0.5, 0.6) is 0 Å². The highest BCUT2D eigenvalue weighted by molar-refractivity contribution is 9.10. The Hall–Kier alpha value is -1.50. The normalized spacial score (nSPS) is 21.9. The summed E-state index contributed by atoms with van der Waals surface area (Å²) >= 11 is 2.91. The Morgan fingerprint density at radius 1 is 1.14 bits per heavy atom. The van der Waals surface area contributed by atoms with Crippen LogP contribution < -0.4 is 5.32 Å². The van der Waals surface area contributed by atoms with Crippen molar-refractivity contribution >= 4 is 33.5 Å². The van der Waals surface area contributed by atoms with Crippen LogP contribution in [0, 0.1) is 23.5 Å². The van der Waals surface area contributed by atoms with Crippen LogP contribution >= 0.6 is 15.9 Å². The summed E-state index contributed by atoms with van der Waals surface area (Å²) in [7, 11) is 0. The molecule has 1 aliphatic carbocycles. The fraction of sp³-hybridized carbons (Fsp3) is 0.429. The van der Waals surface area contributed by atoms with Crippen molar-refractivity contribution in [3.05, 3.63) is 28.2 Å². The third-order valence-electron chi connectivity index (χ3n) is 3.69. The predicted molar refractivity (Wildman–Crippen MR) is 75.8 cm³/mol. The monoisotopic (exact) mass is 361 g/mol. The molecule has 0 bridgehead atoms. The third-order valence-corrected chi connectivity index (χ3v) is 4.30. The molecule has 1 aromatic carbocycles. The number of amides is 1. The second kappa shape index (κ2) is 6.51. The number of rotatable bonds is 3. The lowest BCUT2D eigenvalue weighted by atomic mass is 9.78. The summed E-state index contributed by atoms with van der Waals surface area (Å²) < 4.78 is 26.8. The van der Waals surface area contributed by atoms with Crippen LogP contribution in [0.3, 0.4) is 0 Å². The minimum Gasteiger partial charge on any atom is -0.481 e. The summed E-state index contributed by atoms with van der Waals surface area (Å²) in [5.74, 6) is -4.68. The van der Waals surface area contributed by atoms with E-state index >= 15 is 0 Å². The Bertz CT molecular complexity index is 580. The first-order valence-electron chi connectivity index (χ1n) is 6.58. The summed E-state index contributed by atoms with van der Waals surface area (Å²) in [6.45, 7) is 0. The number of carboxylic acid groups (broad SMARTS) is 1. The van der Waals surface area contributed by atoms with Gasteiger partial charge in [-0.05, 0) is 34.8 Å². The molecule has 0 unspecified atom stereocenters. The van der Waals surface area contributed by atoms with Gasteiger partial charge in [0.25, 0.3) is 0 Å². The Morgan fingerprint density at radius 2 is 1.76 bits per heavy atom. The van der Waals surface area contributed by atoms with E-state index in [1.54, 1.807) is 0 Å². The smallest absolute Gasteiger partial charge is 0.307 e. The van der Waals surface area contributed by atoms with Crippen molar-refractivity contribution in [1.29, 1.82) is 0 Å². The van der Waals surface area contributed by atoms with Gasteiger partial charge < -0.3 is 10.4 Å². The first-order valence-corrected chi connectivity index (χ1v) is 7.37. The quantitative estimate of drug-likeness (QED) is 0.809. The zero-order chi connectivity index (χ0) is 15.6. The van der Waals surface area contributed by atoms with Crippen LogP contribution in [0.25, 0.3) is 0 Å². The topological polar surface area (TPSA) is 66.4 Å².